The van der Waals surface area contributed by atoms with E-state index < -0.39 is 17.5 Å². The van der Waals surface area contributed by atoms with Crippen molar-refractivity contribution in [1.29, 1.82) is 0 Å². The average molecular weight is 637 g/mol. The summed E-state index contributed by atoms with van der Waals surface area (Å²) in [6.45, 7) is 3.74. The number of H-pyrrole nitrogens is 1. The fraction of sp³-hybridized carbons (Fsp3) is 0.371. The molecule has 12 heteroatoms. The van der Waals surface area contributed by atoms with Crippen LogP contribution in [0, 0.1) is 6.92 Å². The molecular weight excluding hydrogens is 600 g/mol. The van der Waals surface area contributed by atoms with Crippen LogP contribution in [0.4, 0.5) is 5.82 Å². The smallest absolute Gasteiger partial charge is 0.340 e. The van der Waals surface area contributed by atoms with Gasteiger partial charge in [-0.25, -0.2) is 9.78 Å². The number of hydrogen-bond acceptors (Lipinski definition) is 9. The summed E-state index contributed by atoms with van der Waals surface area (Å²) in [5, 5.41) is 11.0. The Labute approximate surface area is 271 Å². The highest BCUT2D eigenvalue weighted by Crippen LogP contribution is 2.46. The van der Waals surface area contributed by atoms with Gasteiger partial charge in [0.25, 0.3) is 5.91 Å². The van der Waals surface area contributed by atoms with Gasteiger partial charge in [-0.1, -0.05) is 18.2 Å². The normalized spacial score (nSPS) is 22.8. The van der Waals surface area contributed by atoms with E-state index in [2.05, 4.69) is 31.5 Å². The van der Waals surface area contributed by atoms with Crippen LogP contribution in [0.1, 0.15) is 50.3 Å². The van der Waals surface area contributed by atoms with E-state index in [1.165, 1.54) is 11.1 Å². The molecule has 4 aromatic rings. The third-order valence-electron chi connectivity index (χ3n) is 9.16. The van der Waals surface area contributed by atoms with E-state index >= 15 is 0 Å². The predicted molar refractivity (Wildman–Crippen MR) is 173 cm³/mol. The summed E-state index contributed by atoms with van der Waals surface area (Å²) in [6, 6.07) is 7.76. The summed E-state index contributed by atoms with van der Waals surface area (Å²) >= 11 is 0. The van der Waals surface area contributed by atoms with Crippen molar-refractivity contribution >= 4 is 40.6 Å². The van der Waals surface area contributed by atoms with Crippen molar-refractivity contribution in [2.45, 2.75) is 44.1 Å². The highest BCUT2D eigenvalue weighted by Gasteiger charge is 2.46. The quantitative estimate of drug-likeness (QED) is 0.316. The fourth-order valence-corrected chi connectivity index (χ4v) is 6.81. The minimum Gasteiger partial charge on any atom is -0.448 e. The van der Waals surface area contributed by atoms with Gasteiger partial charge in [0.1, 0.15) is 5.82 Å². The first kappa shape index (κ1) is 30.7. The van der Waals surface area contributed by atoms with Gasteiger partial charge >= 0.3 is 5.97 Å². The summed E-state index contributed by atoms with van der Waals surface area (Å²) in [6.07, 6.45) is 9.26. The van der Waals surface area contributed by atoms with Gasteiger partial charge in [0.2, 0.25) is 5.91 Å². The van der Waals surface area contributed by atoms with Gasteiger partial charge in [-0.05, 0) is 53.8 Å². The zero-order valence-electron chi connectivity index (χ0n) is 26.4. The van der Waals surface area contributed by atoms with Gasteiger partial charge in [-0.3, -0.25) is 19.7 Å². The second-order valence-corrected chi connectivity index (χ2v) is 12.5. The van der Waals surface area contributed by atoms with Crippen LogP contribution in [0.3, 0.4) is 0 Å². The zero-order valence-corrected chi connectivity index (χ0v) is 26.4. The fourth-order valence-electron chi connectivity index (χ4n) is 6.81. The molecule has 0 unspecified atom stereocenters. The standard InChI is InChI=1S/C35H36N6O6/c1-21-10-23(11-25-20-38-40-31(21)25)13-29-33(43)41(2)5-7-46-9-8-45-6-3-4-22-12-27-32(37-18-22)39-30(42)17-35(27)15-24-14-26(34(44)47-29)19-36-28(24)16-35/h3-4,10-12,14,18-20,29H,5-9,13,15-17H2,1-2H3,(H,38,40)(H,37,39,42)/b4-3+/t29-,35-/m1/s1. The van der Waals surface area contributed by atoms with Crippen LogP contribution >= 0.6 is 0 Å². The molecule has 1 aromatic carbocycles. The molecule has 2 aliphatic heterocycles. The molecule has 5 heterocycles. The number of benzene rings is 1. The number of fused-ring (bicyclic) bond motifs is 3. The van der Waals surface area contributed by atoms with Crippen LogP contribution in [0.5, 0.6) is 0 Å². The Hall–Kier alpha value is -4.94. The summed E-state index contributed by atoms with van der Waals surface area (Å²) in [7, 11) is 1.67. The van der Waals surface area contributed by atoms with Gasteiger partial charge in [0.15, 0.2) is 6.10 Å². The predicted octanol–water partition coefficient (Wildman–Crippen LogP) is 3.33. The third-order valence-corrected chi connectivity index (χ3v) is 9.16. The molecule has 2 N–H and O–H groups in total. The lowest BCUT2D eigenvalue weighted by atomic mass is 9.73. The summed E-state index contributed by atoms with van der Waals surface area (Å²) in [5.41, 5.74) is 5.99. The Morgan fingerprint density at radius 2 is 1.85 bits per heavy atom. The number of cyclic esters (lactones) is 1. The number of esters is 1. The van der Waals surface area contributed by atoms with Crippen molar-refractivity contribution in [2.24, 2.45) is 0 Å². The summed E-state index contributed by atoms with van der Waals surface area (Å²) < 4.78 is 17.4. The molecule has 7 rings (SSSR count). The number of carbonyl (C=O) groups excluding carboxylic acids is 3. The number of carbonyl (C=O) groups is 3. The number of amides is 2. The first-order chi connectivity index (χ1) is 22.8. The topological polar surface area (TPSA) is 149 Å². The largest absolute Gasteiger partial charge is 0.448 e. The highest BCUT2D eigenvalue weighted by atomic mass is 16.5. The van der Waals surface area contributed by atoms with Gasteiger partial charge in [-0.2, -0.15) is 5.10 Å². The van der Waals surface area contributed by atoms with E-state index in [-0.39, 0.29) is 30.2 Å². The highest BCUT2D eigenvalue weighted by molar-refractivity contribution is 5.95. The molecule has 47 heavy (non-hydrogen) atoms. The van der Waals surface area contributed by atoms with E-state index in [0.717, 1.165) is 44.4 Å². The number of aromatic nitrogens is 4. The lowest BCUT2D eigenvalue weighted by Crippen LogP contribution is -2.42. The first-order valence-electron chi connectivity index (χ1n) is 15.8. The molecular formula is C35H36N6O6. The Morgan fingerprint density at radius 1 is 0.979 bits per heavy atom. The molecule has 5 bridgehead atoms. The van der Waals surface area contributed by atoms with Crippen LogP contribution < -0.4 is 5.32 Å². The Balaban J connectivity index is 1.21. The van der Waals surface area contributed by atoms with Gasteiger partial charge in [0.05, 0.1) is 43.7 Å². The van der Waals surface area contributed by atoms with E-state index in [1.807, 2.05) is 31.2 Å². The molecule has 242 valence electrons. The number of likely N-dealkylation sites (N-methyl/N-ethyl adjacent to an activating group) is 1. The van der Waals surface area contributed by atoms with E-state index in [4.69, 9.17) is 14.2 Å². The van der Waals surface area contributed by atoms with Crippen molar-refractivity contribution in [3.63, 3.8) is 0 Å². The number of nitrogens with zero attached hydrogens (tertiary/aromatic N) is 4. The Bertz CT molecular complexity index is 1900. The number of rotatable bonds is 2. The molecule has 3 aliphatic rings. The maximum absolute atomic E-state index is 13.7. The van der Waals surface area contributed by atoms with Gasteiger partial charge in [-0.15, -0.1) is 0 Å². The van der Waals surface area contributed by atoms with Gasteiger partial charge < -0.3 is 24.4 Å². The van der Waals surface area contributed by atoms with Crippen LogP contribution in [-0.2, 0) is 48.5 Å². The monoisotopic (exact) mass is 636 g/mol. The lowest BCUT2D eigenvalue weighted by Gasteiger charge is -2.34. The number of anilines is 1. The molecule has 2 atom stereocenters. The molecule has 0 fully saturated rings. The molecule has 0 saturated heterocycles. The van der Waals surface area contributed by atoms with Crippen molar-refractivity contribution in [2.75, 3.05) is 45.3 Å². The van der Waals surface area contributed by atoms with Gasteiger partial charge in [0, 0.05) is 67.3 Å². The average Bonchev–Trinajstić information content (AvgIpc) is 3.67. The first-order valence-corrected chi connectivity index (χ1v) is 15.8. The van der Waals surface area contributed by atoms with Crippen LogP contribution in [-0.4, -0.2) is 89.0 Å². The zero-order chi connectivity index (χ0) is 32.5. The number of ether oxygens (including phenoxy) is 3. The minimum atomic E-state index is -1.08. The molecule has 2 amide bonds. The summed E-state index contributed by atoms with van der Waals surface area (Å²) in [5.74, 6) is -0.535. The van der Waals surface area contributed by atoms with Crippen molar-refractivity contribution in [1.82, 2.24) is 25.1 Å². The third kappa shape index (κ3) is 6.26. The van der Waals surface area contributed by atoms with Crippen molar-refractivity contribution in [3.05, 3.63) is 88.0 Å². The number of pyridine rings is 2. The molecule has 0 saturated carbocycles. The maximum atomic E-state index is 13.7. The van der Waals surface area contributed by atoms with Crippen LogP contribution in [0.25, 0.3) is 17.0 Å². The second kappa shape index (κ2) is 12.7. The maximum Gasteiger partial charge on any atom is 0.340 e. The number of nitrogens with one attached hydrogen (secondary N) is 2. The minimum absolute atomic E-state index is 0.105. The second-order valence-electron chi connectivity index (χ2n) is 12.5. The van der Waals surface area contributed by atoms with Crippen LogP contribution in [0.2, 0.25) is 0 Å². The number of aryl methyl sites for hydroxylation is 1. The van der Waals surface area contributed by atoms with E-state index in [9.17, 15) is 14.4 Å². The molecule has 1 spiro atoms. The SMILES string of the molecule is Cc1cc(C[C@H]2OC(=O)c3cnc4c(c3)C[C@]3(CC(=O)Nc5ncc(cc53)/C=C/COCCOCCN(C)C2=O)C4)cc2cn[nH]c12. The number of aromatic amines is 1. The Kier molecular flexibility index (Phi) is 8.29. The molecule has 1 aliphatic carbocycles. The molecule has 3 aromatic heterocycles. The van der Waals surface area contributed by atoms with E-state index in [0.29, 0.717) is 51.6 Å². The molecule has 12 nitrogen and oxygen atoms in total. The molecule has 0 radical (unpaired) electrons. The number of hydrogen-bond donors (Lipinski definition) is 2. The van der Waals surface area contributed by atoms with Crippen molar-refractivity contribution in [3.8, 4) is 0 Å². The lowest BCUT2D eigenvalue weighted by molar-refractivity contribution is -0.140. The summed E-state index contributed by atoms with van der Waals surface area (Å²) in [4.78, 5) is 51.0. The van der Waals surface area contributed by atoms with E-state index in [1.54, 1.807) is 25.5 Å². The van der Waals surface area contributed by atoms with Crippen molar-refractivity contribution < 1.29 is 28.6 Å². The Morgan fingerprint density at radius 3 is 2.74 bits per heavy atom. The van der Waals surface area contributed by atoms with Crippen LogP contribution in [0.15, 0.2) is 48.9 Å².